The number of hydrogen-bond donors (Lipinski definition) is 1. The number of amides is 1. The summed E-state index contributed by atoms with van der Waals surface area (Å²) in [5.74, 6) is -0.672. The molecule has 1 aliphatic rings. The molecule has 2 aromatic carbocycles. The van der Waals surface area contributed by atoms with Crippen LogP contribution in [0.4, 0.5) is 24.5 Å². The van der Waals surface area contributed by atoms with Crippen LogP contribution in [-0.4, -0.2) is 34.3 Å². The van der Waals surface area contributed by atoms with Crippen molar-refractivity contribution in [3.8, 4) is 11.5 Å². The maximum Gasteiger partial charge on any atom is 0.573 e. The summed E-state index contributed by atoms with van der Waals surface area (Å²) in [7, 11) is -3.03. The van der Waals surface area contributed by atoms with E-state index in [9.17, 15) is 26.4 Å². The molecule has 0 bridgehead atoms. The third-order valence-electron chi connectivity index (χ3n) is 4.16. The Morgan fingerprint density at radius 3 is 2.45 bits per heavy atom. The molecule has 11 heteroatoms. The van der Waals surface area contributed by atoms with Crippen molar-refractivity contribution in [3.05, 3.63) is 42.5 Å². The molecule has 0 aliphatic carbocycles. The first kappa shape index (κ1) is 20.8. The molecule has 0 aromatic heterocycles. The predicted molar refractivity (Wildman–Crippen MR) is 98.5 cm³/mol. The Balaban J connectivity index is 1.91. The molecule has 156 valence electrons. The summed E-state index contributed by atoms with van der Waals surface area (Å²) < 4.78 is 74.3. The maximum absolute atomic E-state index is 12.6. The van der Waals surface area contributed by atoms with Gasteiger partial charge in [0.25, 0.3) is 10.0 Å². The highest BCUT2D eigenvalue weighted by Crippen LogP contribution is 2.35. The van der Waals surface area contributed by atoms with Crippen LogP contribution in [0.2, 0.25) is 0 Å². The minimum absolute atomic E-state index is 0.0547. The molecule has 0 unspecified atom stereocenters. The van der Waals surface area contributed by atoms with Crippen molar-refractivity contribution >= 4 is 27.3 Å². The fourth-order valence-corrected chi connectivity index (χ4v) is 4.14. The van der Waals surface area contributed by atoms with E-state index in [4.69, 9.17) is 4.74 Å². The van der Waals surface area contributed by atoms with Crippen LogP contribution in [0.3, 0.4) is 0 Å². The number of alkyl halides is 3. The molecule has 1 aliphatic heterocycles. The van der Waals surface area contributed by atoms with Gasteiger partial charge in [-0.3, -0.25) is 9.52 Å². The molecule has 7 nitrogen and oxygen atoms in total. The van der Waals surface area contributed by atoms with Crippen molar-refractivity contribution in [1.29, 1.82) is 0 Å². The standard InChI is InChI=1S/C18H17F3N2O5S/c1-27-15-11-12(8-9-13(15)23-10-4-7-17(23)24)22-29(25,26)16-6-3-2-5-14(16)28-18(19,20)21/h2-3,5-6,8-9,11,22H,4,7,10H2,1H3. The average Bonchev–Trinajstić information content (AvgIpc) is 3.06. The molecule has 0 spiro atoms. The Morgan fingerprint density at radius 1 is 1.10 bits per heavy atom. The van der Waals surface area contributed by atoms with E-state index in [1.54, 1.807) is 0 Å². The summed E-state index contributed by atoms with van der Waals surface area (Å²) in [4.78, 5) is 12.8. The van der Waals surface area contributed by atoms with E-state index in [0.29, 0.717) is 25.1 Å². The molecule has 1 amide bonds. The minimum atomic E-state index is -5.04. The number of sulfonamides is 1. The third-order valence-corrected chi connectivity index (χ3v) is 5.58. The van der Waals surface area contributed by atoms with Crippen LogP contribution in [0.1, 0.15) is 12.8 Å². The number of hydrogen-bond acceptors (Lipinski definition) is 5. The van der Waals surface area contributed by atoms with Gasteiger partial charge in [-0.15, -0.1) is 13.2 Å². The molecule has 1 fully saturated rings. The largest absolute Gasteiger partial charge is 0.573 e. The van der Waals surface area contributed by atoms with E-state index < -0.39 is 27.0 Å². The second-order valence-corrected chi connectivity index (χ2v) is 7.79. The van der Waals surface area contributed by atoms with Crippen LogP contribution >= 0.6 is 0 Å². The van der Waals surface area contributed by atoms with E-state index in [1.807, 2.05) is 0 Å². The lowest BCUT2D eigenvalue weighted by Crippen LogP contribution is -2.24. The first-order valence-electron chi connectivity index (χ1n) is 8.47. The Hall–Kier alpha value is -2.95. The predicted octanol–water partition coefficient (Wildman–Crippen LogP) is 3.52. The SMILES string of the molecule is COc1cc(NS(=O)(=O)c2ccccc2OC(F)(F)F)ccc1N1CCCC1=O. The summed E-state index contributed by atoms with van der Waals surface area (Å²) in [5, 5.41) is 0. The molecule has 2 aromatic rings. The van der Waals surface area contributed by atoms with Crippen LogP contribution in [-0.2, 0) is 14.8 Å². The molecule has 29 heavy (non-hydrogen) atoms. The second kappa shape index (κ2) is 7.82. The zero-order valence-electron chi connectivity index (χ0n) is 15.2. The number of ether oxygens (including phenoxy) is 2. The zero-order chi connectivity index (χ0) is 21.2. The molecule has 1 saturated heterocycles. The van der Waals surface area contributed by atoms with Crippen LogP contribution in [0, 0.1) is 0 Å². The quantitative estimate of drug-likeness (QED) is 0.758. The van der Waals surface area contributed by atoms with Crippen LogP contribution in [0.25, 0.3) is 0 Å². The monoisotopic (exact) mass is 430 g/mol. The van der Waals surface area contributed by atoms with Crippen molar-refractivity contribution in [2.24, 2.45) is 0 Å². The van der Waals surface area contributed by atoms with Gasteiger partial charge in [-0.1, -0.05) is 12.1 Å². The number of rotatable bonds is 6. The van der Waals surface area contributed by atoms with Gasteiger partial charge in [0, 0.05) is 19.0 Å². The van der Waals surface area contributed by atoms with Gasteiger partial charge in [-0.2, -0.15) is 0 Å². The van der Waals surface area contributed by atoms with Crippen molar-refractivity contribution in [2.45, 2.75) is 24.1 Å². The van der Waals surface area contributed by atoms with Gasteiger partial charge < -0.3 is 14.4 Å². The summed E-state index contributed by atoms with van der Waals surface area (Å²) in [5.41, 5.74) is 0.540. The number of nitrogens with zero attached hydrogens (tertiary/aromatic N) is 1. The Kier molecular flexibility index (Phi) is 5.60. The number of halogens is 3. The number of carbonyl (C=O) groups is 1. The van der Waals surface area contributed by atoms with Crippen molar-refractivity contribution < 1.29 is 35.9 Å². The first-order chi connectivity index (χ1) is 13.6. The molecule has 1 heterocycles. The summed E-state index contributed by atoms with van der Waals surface area (Å²) in [6, 6.07) is 8.67. The molecule has 0 atom stereocenters. The van der Waals surface area contributed by atoms with Gasteiger partial charge in [0.05, 0.1) is 18.5 Å². The number of nitrogens with one attached hydrogen (secondary N) is 1. The van der Waals surface area contributed by atoms with Gasteiger partial charge >= 0.3 is 6.36 Å². The third kappa shape index (κ3) is 4.73. The minimum Gasteiger partial charge on any atom is -0.494 e. The fourth-order valence-electron chi connectivity index (χ4n) is 2.96. The number of carbonyl (C=O) groups excluding carboxylic acids is 1. The van der Waals surface area contributed by atoms with Gasteiger partial charge in [-0.05, 0) is 30.7 Å². The van der Waals surface area contributed by atoms with Crippen LogP contribution in [0.5, 0.6) is 11.5 Å². The number of anilines is 2. The van der Waals surface area contributed by atoms with E-state index in [2.05, 4.69) is 9.46 Å². The highest BCUT2D eigenvalue weighted by Gasteiger charge is 2.34. The Labute approximate surface area is 165 Å². The number of benzene rings is 2. The topological polar surface area (TPSA) is 84.9 Å². The van der Waals surface area contributed by atoms with Gasteiger partial charge in [0.2, 0.25) is 5.91 Å². The molecular formula is C18H17F3N2O5S. The van der Waals surface area contributed by atoms with Gasteiger partial charge in [-0.25, -0.2) is 8.42 Å². The normalized spacial score (nSPS) is 14.8. The average molecular weight is 430 g/mol. The van der Waals surface area contributed by atoms with Crippen LogP contribution < -0.4 is 19.1 Å². The van der Waals surface area contributed by atoms with Crippen molar-refractivity contribution in [1.82, 2.24) is 0 Å². The Bertz CT molecular complexity index is 1020. The fraction of sp³-hybridized carbons (Fsp3) is 0.278. The van der Waals surface area contributed by atoms with E-state index >= 15 is 0 Å². The highest BCUT2D eigenvalue weighted by atomic mass is 32.2. The molecule has 3 rings (SSSR count). The zero-order valence-corrected chi connectivity index (χ0v) is 16.0. The molecular weight excluding hydrogens is 413 g/mol. The summed E-state index contributed by atoms with van der Waals surface area (Å²) in [6.07, 6.45) is -3.93. The maximum atomic E-state index is 12.6. The van der Waals surface area contributed by atoms with Gasteiger partial charge in [0.15, 0.2) is 0 Å². The van der Waals surface area contributed by atoms with Gasteiger partial charge in [0.1, 0.15) is 16.4 Å². The first-order valence-corrected chi connectivity index (χ1v) is 9.95. The second-order valence-electron chi connectivity index (χ2n) is 6.14. The number of methoxy groups -OCH3 is 1. The van der Waals surface area contributed by atoms with Crippen molar-refractivity contribution in [2.75, 3.05) is 23.3 Å². The van der Waals surface area contributed by atoms with E-state index in [-0.39, 0.29) is 17.3 Å². The molecule has 0 radical (unpaired) electrons. The lowest BCUT2D eigenvalue weighted by molar-refractivity contribution is -0.275. The lowest BCUT2D eigenvalue weighted by atomic mass is 10.2. The molecule has 0 saturated carbocycles. The van der Waals surface area contributed by atoms with Crippen molar-refractivity contribution in [3.63, 3.8) is 0 Å². The van der Waals surface area contributed by atoms with E-state index in [1.165, 1.54) is 42.3 Å². The summed E-state index contributed by atoms with van der Waals surface area (Å²) >= 11 is 0. The molecule has 1 N–H and O–H groups in total. The lowest BCUT2D eigenvalue weighted by Gasteiger charge is -2.20. The summed E-state index contributed by atoms with van der Waals surface area (Å²) in [6.45, 7) is 0.516. The Morgan fingerprint density at radius 2 is 1.83 bits per heavy atom. The van der Waals surface area contributed by atoms with Crippen LogP contribution in [0.15, 0.2) is 47.4 Å². The highest BCUT2D eigenvalue weighted by molar-refractivity contribution is 7.92. The smallest absolute Gasteiger partial charge is 0.494 e. The number of para-hydroxylation sites is 1. The van der Waals surface area contributed by atoms with E-state index in [0.717, 1.165) is 12.1 Å².